The van der Waals surface area contributed by atoms with Gasteiger partial charge in [0.15, 0.2) is 0 Å². The highest BCUT2D eigenvalue weighted by Crippen LogP contribution is 2.18. The third kappa shape index (κ3) is 1.93. The molecule has 4 heteroatoms. The zero-order valence-corrected chi connectivity index (χ0v) is 8.38. The van der Waals surface area contributed by atoms with Crippen molar-refractivity contribution in [3.05, 3.63) is 33.2 Å². The van der Waals surface area contributed by atoms with E-state index in [-0.39, 0.29) is 5.56 Å². The monoisotopic (exact) mass is 207 g/mol. The van der Waals surface area contributed by atoms with E-state index >= 15 is 0 Å². The van der Waals surface area contributed by atoms with Gasteiger partial charge in [0, 0.05) is 5.69 Å². The summed E-state index contributed by atoms with van der Waals surface area (Å²) in [6.07, 6.45) is 4.99. The molecule has 0 unspecified atom stereocenters. The Morgan fingerprint density at radius 2 is 2.00 bits per heavy atom. The van der Waals surface area contributed by atoms with Crippen molar-refractivity contribution in [3.8, 4) is 0 Å². The number of fused-ring (bicyclic) bond motifs is 1. The lowest BCUT2D eigenvalue weighted by molar-refractivity contribution is 0.0695. The predicted molar refractivity (Wildman–Crippen MR) is 55.3 cm³/mol. The number of carboxylic acids is 1. The Morgan fingerprint density at radius 1 is 1.27 bits per heavy atom. The van der Waals surface area contributed by atoms with Crippen LogP contribution in [0.1, 0.15) is 40.9 Å². The number of carbonyl (C=O) groups is 1. The van der Waals surface area contributed by atoms with Gasteiger partial charge in [0.2, 0.25) is 0 Å². The van der Waals surface area contributed by atoms with Crippen molar-refractivity contribution in [2.75, 3.05) is 0 Å². The van der Waals surface area contributed by atoms with Crippen molar-refractivity contribution < 1.29 is 9.90 Å². The first-order chi connectivity index (χ1) is 7.18. The zero-order chi connectivity index (χ0) is 10.8. The normalized spacial score (nSPS) is 15.5. The SMILES string of the molecule is O=C(O)c1cc2c([nH]c1=O)CCCCC2. The van der Waals surface area contributed by atoms with E-state index in [1.807, 2.05) is 0 Å². The second-order valence-electron chi connectivity index (χ2n) is 3.88. The van der Waals surface area contributed by atoms with E-state index in [1.54, 1.807) is 0 Å². The molecule has 1 aromatic rings. The minimum atomic E-state index is -1.15. The molecule has 0 saturated heterocycles. The van der Waals surface area contributed by atoms with Crippen molar-refractivity contribution in [1.82, 2.24) is 4.98 Å². The van der Waals surface area contributed by atoms with Crippen molar-refractivity contribution in [2.24, 2.45) is 0 Å². The van der Waals surface area contributed by atoms with Crippen LogP contribution in [0.4, 0.5) is 0 Å². The molecule has 0 aliphatic heterocycles. The van der Waals surface area contributed by atoms with Gasteiger partial charge in [-0.25, -0.2) is 4.79 Å². The Morgan fingerprint density at radius 3 is 2.73 bits per heavy atom. The average Bonchev–Trinajstić information content (AvgIpc) is 2.40. The van der Waals surface area contributed by atoms with E-state index in [1.165, 1.54) is 6.07 Å². The topological polar surface area (TPSA) is 70.2 Å². The highest BCUT2D eigenvalue weighted by atomic mass is 16.4. The molecule has 0 aromatic carbocycles. The Kier molecular flexibility index (Phi) is 2.58. The third-order valence-corrected chi connectivity index (χ3v) is 2.82. The molecule has 0 fully saturated rings. The van der Waals surface area contributed by atoms with Crippen LogP contribution >= 0.6 is 0 Å². The maximum absolute atomic E-state index is 11.4. The summed E-state index contributed by atoms with van der Waals surface area (Å²) in [6, 6.07) is 1.53. The molecule has 1 aliphatic rings. The van der Waals surface area contributed by atoms with Crippen LogP contribution in [0.2, 0.25) is 0 Å². The molecule has 0 bridgehead atoms. The number of nitrogens with one attached hydrogen (secondary N) is 1. The van der Waals surface area contributed by atoms with Crippen LogP contribution in [0.5, 0.6) is 0 Å². The summed E-state index contributed by atoms with van der Waals surface area (Å²) in [7, 11) is 0. The maximum atomic E-state index is 11.4. The summed E-state index contributed by atoms with van der Waals surface area (Å²) in [4.78, 5) is 24.9. The van der Waals surface area contributed by atoms with Crippen molar-refractivity contribution >= 4 is 5.97 Å². The molecule has 15 heavy (non-hydrogen) atoms. The number of hydrogen-bond acceptors (Lipinski definition) is 2. The number of pyridine rings is 1. The summed E-state index contributed by atoms with van der Waals surface area (Å²) in [5, 5.41) is 8.82. The lowest BCUT2D eigenvalue weighted by atomic mass is 10.1. The highest BCUT2D eigenvalue weighted by molar-refractivity contribution is 5.87. The number of H-pyrrole nitrogens is 1. The average molecular weight is 207 g/mol. The molecule has 80 valence electrons. The first kappa shape index (κ1) is 9.96. The van der Waals surface area contributed by atoms with Gasteiger partial charge in [0.1, 0.15) is 5.56 Å². The highest BCUT2D eigenvalue weighted by Gasteiger charge is 2.15. The number of aromatic amines is 1. The van der Waals surface area contributed by atoms with E-state index in [0.29, 0.717) is 0 Å². The molecule has 2 rings (SSSR count). The van der Waals surface area contributed by atoms with Crippen molar-refractivity contribution in [3.63, 3.8) is 0 Å². The fraction of sp³-hybridized carbons (Fsp3) is 0.455. The minimum Gasteiger partial charge on any atom is -0.477 e. The number of aromatic carboxylic acids is 1. The lowest BCUT2D eigenvalue weighted by Gasteiger charge is -2.05. The lowest BCUT2D eigenvalue weighted by Crippen LogP contribution is -2.20. The van der Waals surface area contributed by atoms with Crippen LogP contribution in [-0.4, -0.2) is 16.1 Å². The molecular weight excluding hydrogens is 194 g/mol. The van der Waals surface area contributed by atoms with E-state index in [2.05, 4.69) is 4.98 Å². The fourth-order valence-electron chi connectivity index (χ4n) is 2.01. The molecule has 1 aliphatic carbocycles. The number of carboxylic acid groups (broad SMARTS) is 1. The summed E-state index contributed by atoms with van der Waals surface area (Å²) in [6.45, 7) is 0. The largest absolute Gasteiger partial charge is 0.477 e. The number of rotatable bonds is 1. The van der Waals surface area contributed by atoms with Crippen molar-refractivity contribution in [1.29, 1.82) is 0 Å². The van der Waals surface area contributed by atoms with Crippen molar-refractivity contribution in [2.45, 2.75) is 32.1 Å². The van der Waals surface area contributed by atoms with Gasteiger partial charge in [-0.1, -0.05) is 6.42 Å². The molecule has 0 amide bonds. The molecule has 2 N–H and O–H groups in total. The zero-order valence-electron chi connectivity index (χ0n) is 8.38. The van der Waals surface area contributed by atoms with Gasteiger partial charge in [-0.2, -0.15) is 0 Å². The van der Waals surface area contributed by atoms with Gasteiger partial charge in [-0.15, -0.1) is 0 Å². The summed E-state index contributed by atoms with van der Waals surface area (Å²) in [5.74, 6) is -1.15. The smallest absolute Gasteiger partial charge is 0.341 e. The van der Waals surface area contributed by atoms with Crippen LogP contribution in [0.3, 0.4) is 0 Å². The van der Waals surface area contributed by atoms with Crippen LogP contribution in [0.15, 0.2) is 10.9 Å². The minimum absolute atomic E-state index is 0.143. The first-order valence-corrected chi connectivity index (χ1v) is 5.17. The van der Waals surface area contributed by atoms with Crippen LogP contribution < -0.4 is 5.56 Å². The maximum Gasteiger partial charge on any atom is 0.341 e. The van der Waals surface area contributed by atoms with E-state index in [4.69, 9.17) is 5.11 Å². The first-order valence-electron chi connectivity index (χ1n) is 5.17. The molecule has 0 radical (unpaired) electrons. The Hall–Kier alpha value is -1.58. The van der Waals surface area contributed by atoms with Gasteiger partial charge >= 0.3 is 5.97 Å². The van der Waals surface area contributed by atoms with Gasteiger partial charge in [-0.3, -0.25) is 4.79 Å². The quantitative estimate of drug-likeness (QED) is 0.683. The van der Waals surface area contributed by atoms with Crippen LogP contribution in [0, 0.1) is 0 Å². The Labute approximate surface area is 87.0 Å². The molecule has 0 atom stereocenters. The molecule has 4 nitrogen and oxygen atoms in total. The van der Waals surface area contributed by atoms with Gasteiger partial charge in [0.05, 0.1) is 0 Å². The predicted octanol–water partition coefficient (Wildman–Crippen LogP) is 1.34. The van der Waals surface area contributed by atoms with Crippen LogP contribution in [-0.2, 0) is 12.8 Å². The molecule has 0 spiro atoms. The van der Waals surface area contributed by atoms with E-state index in [0.717, 1.165) is 43.4 Å². The standard InChI is InChI=1S/C11H13NO3/c13-10-8(11(14)15)6-7-4-2-1-3-5-9(7)12-10/h6H,1-5H2,(H,12,13)(H,14,15). The summed E-state index contributed by atoms with van der Waals surface area (Å²) < 4.78 is 0. The summed E-state index contributed by atoms with van der Waals surface area (Å²) in [5.41, 5.74) is 1.28. The van der Waals surface area contributed by atoms with Crippen LogP contribution in [0.25, 0.3) is 0 Å². The van der Waals surface area contributed by atoms with E-state index in [9.17, 15) is 9.59 Å². The number of aryl methyl sites for hydroxylation is 2. The molecule has 0 saturated carbocycles. The Balaban J connectivity index is 2.52. The molecule has 1 heterocycles. The third-order valence-electron chi connectivity index (χ3n) is 2.82. The fourth-order valence-corrected chi connectivity index (χ4v) is 2.01. The number of aromatic nitrogens is 1. The second-order valence-corrected chi connectivity index (χ2v) is 3.88. The Bertz CT molecular complexity index is 448. The molecule has 1 aromatic heterocycles. The van der Waals surface area contributed by atoms with Gasteiger partial charge < -0.3 is 10.1 Å². The van der Waals surface area contributed by atoms with Gasteiger partial charge in [0.25, 0.3) is 5.56 Å². The second kappa shape index (κ2) is 3.88. The van der Waals surface area contributed by atoms with Gasteiger partial charge in [-0.05, 0) is 37.3 Å². The molecular formula is C11H13NO3. The number of hydrogen-bond donors (Lipinski definition) is 2. The summed E-state index contributed by atoms with van der Waals surface area (Å²) >= 11 is 0. The van der Waals surface area contributed by atoms with E-state index < -0.39 is 11.5 Å².